The van der Waals surface area contributed by atoms with E-state index in [2.05, 4.69) is 55.3 Å². The van der Waals surface area contributed by atoms with Gasteiger partial charge in [0.25, 0.3) is 5.88 Å². The molecule has 3 atom stereocenters. The van der Waals surface area contributed by atoms with Gasteiger partial charge in [0.15, 0.2) is 0 Å². The third-order valence-corrected chi connectivity index (χ3v) is 8.29. The largest absolute Gasteiger partial charge is 0.491 e. The topological polar surface area (TPSA) is 152 Å². The molecule has 1 saturated carbocycles. The van der Waals surface area contributed by atoms with Crippen LogP contribution >= 0.6 is 0 Å². The number of aromatic nitrogens is 7. The van der Waals surface area contributed by atoms with Crippen LogP contribution in [0.3, 0.4) is 0 Å². The Bertz CT molecular complexity index is 1570. The maximum Gasteiger partial charge on any atom is 0.254 e. The van der Waals surface area contributed by atoms with Gasteiger partial charge in [-0.3, -0.25) is 9.58 Å². The van der Waals surface area contributed by atoms with Crippen LogP contribution in [0.25, 0.3) is 11.1 Å². The lowest BCUT2D eigenvalue weighted by Gasteiger charge is -2.42. The van der Waals surface area contributed by atoms with E-state index in [1.54, 1.807) is 29.5 Å². The van der Waals surface area contributed by atoms with Crippen molar-refractivity contribution in [2.24, 2.45) is 0 Å². The molecule has 3 aromatic heterocycles. The Hall–Kier alpha value is -4.54. The molecule has 1 aromatic carbocycles. The van der Waals surface area contributed by atoms with E-state index in [1.165, 1.54) is 6.33 Å². The van der Waals surface area contributed by atoms with E-state index in [0.717, 1.165) is 49.9 Å². The summed E-state index contributed by atoms with van der Waals surface area (Å²) in [6.45, 7) is 8.68. The van der Waals surface area contributed by atoms with E-state index in [4.69, 9.17) is 9.47 Å². The van der Waals surface area contributed by atoms with Crippen LogP contribution < -0.4 is 10.1 Å². The van der Waals surface area contributed by atoms with Gasteiger partial charge in [-0.1, -0.05) is 6.07 Å². The summed E-state index contributed by atoms with van der Waals surface area (Å²) in [4.78, 5) is 15.5. The first-order valence-corrected chi connectivity index (χ1v) is 15.1. The molecular weight excluding hydrogens is 560 g/mol. The van der Waals surface area contributed by atoms with Crippen LogP contribution in [0.2, 0.25) is 0 Å². The number of hydrogen-bond donors (Lipinski definition) is 2. The first-order chi connectivity index (χ1) is 21.3. The standard InChI is InChI=1S/C31H38N10O3/c1-20-14-39(15-21(2)43-20)26-6-8-27(9-7-26)41-17-28(30(42)38-41)37-31-34-12-25(13-35-31)23-4-5-24(11-32)29(10-23)44-22(3)16-40-19-33-18-36-40/h4-5,10,12-13,17-22,26-27H,6-9,14-16H2,1-3H3,(H,38,42)(H,34,35,37)/t20-,21+,22-,26?,27?/m0/s1. The average Bonchev–Trinajstić information content (AvgIpc) is 3.66. The Labute approximate surface area is 256 Å². The third kappa shape index (κ3) is 6.82. The van der Waals surface area contributed by atoms with E-state index >= 15 is 0 Å². The SMILES string of the molecule is C[C@@H]1CN(C2CCC(n3cc(Nc4ncc(-c5ccc(C#N)c(O[C@@H](C)Cn6cncn6)c5)cn4)c(O)n3)CC2)C[C@H](C)O1. The predicted molar refractivity (Wildman–Crippen MR) is 162 cm³/mol. The molecule has 0 spiro atoms. The molecule has 1 aliphatic heterocycles. The first-order valence-electron chi connectivity index (χ1n) is 15.1. The number of nitriles is 1. The average molecular weight is 599 g/mol. The number of benzene rings is 1. The Balaban J connectivity index is 1.07. The van der Waals surface area contributed by atoms with Crippen molar-refractivity contribution in [2.45, 2.75) is 83.4 Å². The molecule has 6 rings (SSSR count). The molecule has 44 heavy (non-hydrogen) atoms. The third-order valence-electron chi connectivity index (χ3n) is 8.29. The van der Waals surface area contributed by atoms with Gasteiger partial charge in [0.1, 0.15) is 36.3 Å². The van der Waals surface area contributed by atoms with Crippen molar-refractivity contribution < 1.29 is 14.6 Å². The molecule has 2 N–H and O–H groups in total. The summed E-state index contributed by atoms with van der Waals surface area (Å²) in [5.41, 5.74) is 2.47. The number of morpholine rings is 1. The fourth-order valence-electron chi connectivity index (χ4n) is 6.26. The highest BCUT2D eigenvalue weighted by molar-refractivity contribution is 5.67. The lowest BCUT2D eigenvalue weighted by Crippen LogP contribution is -2.51. The fourth-order valence-corrected chi connectivity index (χ4v) is 6.26. The van der Waals surface area contributed by atoms with Crippen molar-refractivity contribution in [2.75, 3.05) is 18.4 Å². The number of rotatable bonds is 9. The van der Waals surface area contributed by atoms with Gasteiger partial charge in [-0.25, -0.2) is 19.6 Å². The highest BCUT2D eigenvalue weighted by Crippen LogP contribution is 2.35. The zero-order valence-corrected chi connectivity index (χ0v) is 25.2. The van der Waals surface area contributed by atoms with Crippen LogP contribution in [0.5, 0.6) is 11.6 Å². The summed E-state index contributed by atoms with van der Waals surface area (Å²) in [7, 11) is 0. The zero-order valence-electron chi connectivity index (χ0n) is 25.2. The number of hydrogen-bond acceptors (Lipinski definition) is 11. The lowest BCUT2D eigenvalue weighted by atomic mass is 9.89. The van der Waals surface area contributed by atoms with Crippen molar-refractivity contribution in [3.63, 3.8) is 0 Å². The molecule has 4 heterocycles. The highest BCUT2D eigenvalue weighted by Gasteiger charge is 2.32. The van der Waals surface area contributed by atoms with Crippen molar-refractivity contribution in [1.82, 2.24) is 39.4 Å². The molecule has 4 aromatic rings. The molecule has 0 unspecified atom stereocenters. The quantitative estimate of drug-likeness (QED) is 0.283. The minimum absolute atomic E-state index is 0.0791. The monoisotopic (exact) mass is 598 g/mol. The van der Waals surface area contributed by atoms with Gasteiger partial charge in [-0.05, 0) is 64.2 Å². The summed E-state index contributed by atoms with van der Waals surface area (Å²) in [6.07, 6.45) is 12.8. The minimum Gasteiger partial charge on any atom is -0.491 e. The second-order valence-electron chi connectivity index (χ2n) is 11.8. The van der Waals surface area contributed by atoms with E-state index in [9.17, 15) is 10.4 Å². The number of anilines is 2. The van der Waals surface area contributed by atoms with Gasteiger partial charge < -0.3 is 19.9 Å². The van der Waals surface area contributed by atoms with E-state index in [-0.39, 0.29) is 30.2 Å². The van der Waals surface area contributed by atoms with E-state index < -0.39 is 0 Å². The van der Waals surface area contributed by atoms with Gasteiger partial charge in [0.05, 0.1) is 36.6 Å². The van der Waals surface area contributed by atoms with Gasteiger partial charge in [-0.2, -0.15) is 10.4 Å². The molecule has 0 amide bonds. The Morgan fingerprint density at radius 3 is 2.50 bits per heavy atom. The molecule has 1 aliphatic carbocycles. The van der Waals surface area contributed by atoms with Gasteiger partial charge in [-0.15, -0.1) is 5.10 Å². The smallest absolute Gasteiger partial charge is 0.254 e. The van der Waals surface area contributed by atoms with Crippen molar-refractivity contribution in [3.05, 3.63) is 55.0 Å². The van der Waals surface area contributed by atoms with E-state index in [0.29, 0.717) is 35.5 Å². The zero-order chi connectivity index (χ0) is 30.6. The maximum absolute atomic E-state index is 10.6. The summed E-state index contributed by atoms with van der Waals surface area (Å²) in [5, 5.41) is 31.8. The van der Waals surface area contributed by atoms with Gasteiger partial charge in [0.2, 0.25) is 5.95 Å². The van der Waals surface area contributed by atoms with Crippen molar-refractivity contribution in [3.8, 4) is 28.8 Å². The lowest BCUT2D eigenvalue weighted by molar-refractivity contribution is -0.0852. The summed E-state index contributed by atoms with van der Waals surface area (Å²) in [5.74, 6) is 0.735. The summed E-state index contributed by atoms with van der Waals surface area (Å²) in [6, 6.07) is 8.36. The van der Waals surface area contributed by atoms with Gasteiger partial charge in [0, 0.05) is 37.1 Å². The molecule has 0 bridgehead atoms. The second kappa shape index (κ2) is 13.0. The number of nitrogens with one attached hydrogen (secondary N) is 1. The normalized spacial score (nSPS) is 23.1. The number of aromatic hydroxyl groups is 1. The van der Waals surface area contributed by atoms with Crippen LogP contribution in [0, 0.1) is 11.3 Å². The summed E-state index contributed by atoms with van der Waals surface area (Å²) >= 11 is 0. The predicted octanol–water partition coefficient (Wildman–Crippen LogP) is 4.31. The molecule has 13 heteroatoms. The molecule has 2 aliphatic rings. The molecular formula is C31H38N10O3. The molecule has 0 radical (unpaired) electrons. The minimum atomic E-state index is -0.233. The first kappa shape index (κ1) is 29.5. The Morgan fingerprint density at radius 2 is 1.82 bits per heavy atom. The maximum atomic E-state index is 10.6. The Kier molecular flexibility index (Phi) is 8.72. The van der Waals surface area contributed by atoms with Crippen molar-refractivity contribution >= 4 is 11.6 Å². The van der Waals surface area contributed by atoms with Crippen LogP contribution in [-0.2, 0) is 11.3 Å². The molecule has 230 valence electrons. The fraction of sp³-hybridized carbons (Fsp3) is 0.484. The highest BCUT2D eigenvalue weighted by atomic mass is 16.5. The van der Waals surface area contributed by atoms with Crippen LogP contribution in [-0.4, -0.2) is 82.0 Å². The van der Waals surface area contributed by atoms with Gasteiger partial charge >= 0.3 is 0 Å². The summed E-state index contributed by atoms with van der Waals surface area (Å²) < 4.78 is 15.5. The Morgan fingerprint density at radius 1 is 1.09 bits per heavy atom. The number of ether oxygens (including phenoxy) is 2. The molecule has 13 nitrogen and oxygen atoms in total. The number of nitrogens with zero attached hydrogens (tertiary/aromatic N) is 9. The second-order valence-corrected chi connectivity index (χ2v) is 11.8. The van der Waals surface area contributed by atoms with Crippen molar-refractivity contribution in [1.29, 1.82) is 5.26 Å². The molecule has 1 saturated heterocycles. The van der Waals surface area contributed by atoms with Crippen LogP contribution in [0.1, 0.15) is 58.1 Å². The van der Waals surface area contributed by atoms with Crippen LogP contribution in [0.4, 0.5) is 11.6 Å². The molecule has 2 fully saturated rings. The van der Waals surface area contributed by atoms with E-state index in [1.807, 2.05) is 29.9 Å². The van der Waals surface area contributed by atoms with Crippen LogP contribution in [0.15, 0.2) is 49.4 Å².